The lowest BCUT2D eigenvalue weighted by Crippen LogP contribution is -2.22. The van der Waals surface area contributed by atoms with Crippen molar-refractivity contribution >= 4 is 40.5 Å². The van der Waals surface area contributed by atoms with Gasteiger partial charge < -0.3 is 10.1 Å². The van der Waals surface area contributed by atoms with E-state index in [1.165, 1.54) is 24.3 Å². The van der Waals surface area contributed by atoms with Crippen LogP contribution in [-0.4, -0.2) is 18.5 Å². The quantitative estimate of drug-likeness (QED) is 0.376. The van der Waals surface area contributed by atoms with E-state index in [0.29, 0.717) is 10.4 Å². The Morgan fingerprint density at radius 2 is 1.73 bits per heavy atom. The Kier molecular flexibility index (Phi) is 6.42. The summed E-state index contributed by atoms with van der Waals surface area (Å²) < 4.78 is 57.1. The number of halogens is 5. The molecule has 0 unspecified atom stereocenters. The lowest BCUT2D eigenvalue weighted by molar-refractivity contribution is -0.137. The van der Waals surface area contributed by atoms with Gasteiger partial charge in [0.15, 0.2) is 6.61 Å². The maximum atomic E-state index is 13.1. The zero-order valence-electron chi connectivity index (χ0n) is 14.9. The van der Waals surface area contributed by atoms with Crippen LogP contribution in [0.5, 0.6) is 0 Å². The zero-order valence-corrected chi connectivity index (χ0v) is 16.5. The summed E-state index contributed by atoms with van der Waals surface area (Å²) >= 11 is 6.83. The Morgan fingerprint density at radius 3 is 2.40 bits per heavy atom. The normalized spacial score (nSPS) is 11.2. The van der Waals surface area contributed by atoms with Crippen molar-refractivity contribution in [1.29, 1.82) is 0 Å². The number of carbonyl (C=O) groups excluding carboxylic acids is 2. The Bertz CT molecular complexity index is 1080. The van der Waals surface area contributed by atoms with Crippen molar-refractivity contribution in [1.82, 2.24) is 0 Å². The van der Waals surface area contributed by atoms with Gasteiger partial charge in [0, 0.05) is 4.88 Å². The molecule has 3 rings (SSSR count). The number of hydrogen-bond acceptors (Lipinski definition) is 4. The van der Waals surface area contributed by atoms with Gasteiger partial charge in [0.2, 0.25) is 0 Å². The molecular weight excluding hydrogens is 446 g/mol. The minimum Gasteiger partial charge on any atom is -0.451 e. The predicted molar refractivity (Wildman–Crippen MR) is 105 cm³/mol. The molecule has 1 amide bonds. The Labute approximate surface area is 177 Å². The number of nitrogens with one attached hydrogen (secondary N) is 1. The number of benzene rings is 2. The molecule has 0 radical (unpaired) electrons. The second-order valence-corrected chi connectivity index (χ2v) is 7.45. The van der Waals surface area contributed by atoms with Crippen LogP contribution in [0.15, 0.2) is 54.6 Å². The van der Waals surface area contributed by atoms with Crippen molar-refractivity contribution in [3.05, 3.63) is 75.9 Å². The number of thiophene rings is 1. The van der Waals surface area contributed by atoms with E-state index in [4.69, 9.17) is 16.3 Å². The number of alkyl halides is 3. The van der Waals surface area contributed by atoms with E-state index >= 15 is 0 Å². The Balaban J connectivity index is 1.63. The minimum atomic E-state index is -4.72. The molecule has 0 bridgehead atoms. The highest BCUT2D eigenvalue weighted by atomic mass is 35.5. The standard InChI is InChI=1S/C20H12ClF4NO3S/c21-14-3-1-2-13(20(23,24)25)18(14)26-17(27)10-29-19(28)16-9-8-15(30-16)11-4-6-12(22)7-5-11/h1-9H,10H2,(H,26,27). The summed E-state index contributed by atoms with van der Waals surface area (Å²) in [4.78, 5) is 25.0. The zero-order chi connectivity index (χ0) is 21.9. The van der Waals surface area contributed by atoms with E-state index in [0.717, 1.165) is 23.5 Å². The van der Waals surface area contributed by atoms with Gasteiger partial charge in [0.25, 0.3) is 5.91 Å². The fraction of sp³-hybridized carbons (Fsp3) is 0.100. The van der Waals surface area contributed by atoms with Crippen molar-refractivity contribution in [3.63, 3.8) is 0 Å². The number of carbonyl (C=O) groups is 2. The van der Waals surface area contributed by atoms with Crippen LogP contribution < -0.4 is 5.32 Å². The molecule has 0 aliphatic heterocycles. The maximum Gasteiger partial charge on any atom is 0.418 e. The van der Waals surface area contributed by atoms with Crippen LogP contribution in [0.2, 0.25) is 5.02 Å². The summed E-state index contributed by atoms with van der Waals surface area (Å²) in [5, 5.41) is 1.73. The van der Waals surface area contributed by atoms with Gasteiger partial charge in [-0.15, -0.1) is 11.3 Å². The molecule has 1 aromatic heterocycles. The molecule has 0 spiro atoms. The third kappa shape index (κ3) is 5.17. The molecule has 10 heteroatoms. The first-order chi connectivity index (χ1) is 14.1. The van der Waals surface area contributed by atoms with Crippen molar-refractivity contribution in [2.45, 2.75) is 6.18 Å². The summed E-state index contributed by atoms with van der Waals surface area (Å²) in [5.74, 6) is -2.19. The lowest BCUT2D eigenvalue weighted by Gasteiger charge is -2.15. The highest BCUT2D eigenvalue weighted by molar-refractivity contribution is 7.17. The topological polar surface area (TPSA) is 55.4 Å². The molecule has 0 saturated heterocycles. The first kappa shape index (κ1) is 21.8. The lowest BCUT2D eigenvalue weighted by atomic mass is 10.1. The van der Waals surface area contributed by atoms with Gasteiger partial charge >= 0.3 is 12.1 Å². The third-order valence-electron chi connectivity index (χ3n) is 3.85. The minimum absolute atomic E-state index is 0.177. The summed E-state index contributed by atoms with van der Waals surface area (Å²) in [6, 6.07) is 11.8. The van der Waals surface area contributed by atoms with Gasteiger partial charge in [0.1, 0.15) is 10.7 Å². The smallest absolute Gasteiger partial charge is 0.418 e. The maximum absolute atomic E-state index is 13.1. The van der Waals surface area contributed by atoms with E-state index in [2.05, 4.69) is 0 Å². The first-order valence-corrected chi connectivity index (χ1v) is 9.53. The molecule has 0 saturated carbocycles. The van der Waals surface area contributed by atoms with Crippen LogP contribution in [0.3, 0.4) is 0 Å². The molecule has 1 heterocycles. The molecule has 4 nitrogen and oxygen atoms in total. The molecule has 3 aromatic rings. The van der Waals surface area contributed by atoms with Gasteiger partial charge in [-0.3, -0.25) is 4.79 Å². The molecule has 0 fully saturated rings. The highest BCUT2D eigenvalue weighted by Crippen LogP contribution is 2.38. The number of ether oxygens (including phenoxy) is 1. The number of para-hydroxylation sites is 1. The van der Waals surface area contributed by atoms with E-state index in [1.807, 2.05) is 5.32 Å². The Morgan fingerprint density at radius 1 is 1.03 bits per heavy atom. The first-order valence-electron chi connectivity index (χ1n) is 8.33. The second kappa shape index (κ2) is 8.85. The SMILES string of the molecule is O=C(COC(=O)c1ccc(-c2ccc(F)cc2)s1)Nc1c(Cl)cccc1C(F)(F)F. The molecular formula is C20H12ClF4NO3S. The monoisotopic (exact) mass is 457 g/mol. The average molecular weight is 458 g/mol. The number of rotatable bonds is 5. The van der Waals surface area contributed by atoms with Gasteiger partial charge in [-0.05, 0) is 42.0 Å². The third-order valence-corrected chi connectivity index (χ3v) is 5.28. The highest BCUT2D eigenvalue weighted by Gasteiger charge is 2.34. The van der Waals surface area contributed by atoms with Crippen LogP contribution in [0.4, 0.5) is 23.2 Å². The molecule has 156 valence electrons. The van der Waals surface area contributed by atoms with Crippen molar-refractivity contribution < 1.29 is 31.9 Å². The van der Waals surface area contributed by atoms with Crippen LogP contribution in [0, 0.1) is 5.82 Å². The van der Waals surface area contributed by atoms with Gasteiger partial charge in [-0.1, -0.05) is 29.8 Å². The van der Waals surface area contributed by atoms with Crippen LogP contribution in [0.1, 0.15) is 15.2 Å². The van der Waals surface area contributed by atoms with Gasteiger partial charge in [0.05, 0.1) is 16.3 Å². The van der Waals surface area contributed by atoms with E-state index < -0.39 is 41.7 Å². The number of amides is 1. The molecule has 0 aliphatic carbocycles. The van der Waals surface area contributed by atoms with Gasteiger partial charge in [-0.25, -0.2) is 9.18 Å². The van der Waals surface area contributed by atoms with Gasteiger partial charge in [-0.2, -0.15) is 13.2 Å². The Hall–Kier alpha value is -2.91. The van der Waals surface area contributed by atoms with E-state index in [9.17, 15) is 27.2 Å². The summed E-state index contributed by atoms with van der Waals surface area (Å²) in [7, 11) is 0. The average Bonchev–Trinajstić information content (AvgIpc) is 3.17. The van der Waals surface area contributed by atoms with E-state index in [-0.39, 0.29) is 9.90 Å². The summed E-state index contributed by atoms with van der Waals surface area (Å²) in [5.41, 5.74) is -1.03. The fourth-order valence-electron chi connectivity index (χ4n) is 2.48. The molecule has 2 aromatic carbocycles. The fourth-order valence-corrected chi connectivity index (χ4v) is 3.61. The number of anilines is 1. The van der Waals surface area contributed by atoms with E-state index in [1.54, 1.807) is 18.2 Å². The molecule has 0 aliphatic rings. The van der Waals surface area contributed by atoms with Crippen LogP contribution in [-0.2, 0) is 15.7 Å². The number of esters is 1. The largest absolute Gasteiger partial charge is 0.451 e. The van der Waals surface area contributed by atoms with Crippen molar-refractivity contribution in [2.24, 2.45) is 0 Å². The molecule has 1 N–H and O–H groups in total. The van der Waals surface area contributed by atoms with Crippen LogP contribution >= 0.6 is 22.9 Å². The summed E-state index contributed by atoms with van der Waals surface area (Å²) in [6.45, 7) is -0.800. The molecule has 0 atom stereocenters. The molecule has 30 heavy (non-hydrogen) atoms. The number of hydrogen-bond donors (Lipinski definition) is 1. The summed E-state index contributed by atoms with van der Waals surface area (Å²) in [6.07, 6.45) is -4.72. The van der Waals surface area contributed by atoms with Crippen molar-refractivity contribution in [2.75, 3.05) is 11.9 Å². The predicted octanol–water partition coefficient (Wildman–Crippen LogP) is 6.02. The van der Waals surface area contributed by atoms with Crippen molar-refractivity contribution in [3.8, 4) is 10.4 Å². The second-order valence-electron chi connectivity index (χ2n) is 5.96. The van der Waals surface area contributed by atoms with Crippen LogP contribution in [0.25, 0.3) is 10.4 Å².